The largest absolute Gasteiger partial charge is 0.416 e. The van der Waals surface area contributed by atoms with Crippen LogP contribution in [0, 0.1) is 0 Å². The van der Waals surface area contributed by atoms with Crippen LogP contribution in [0.15, 0.2) is 54.6 Å². The van der Waals surface area contributed by atoms with E-state index >= 15 is 0 Å². The van der Waals surface area contributed by atoms with Crippen molar-refractivity contribution < 1.29 is 27.5 Å². The van der Waals surface area contributed by atoms with Gasteiger partial charge in [0.25, 0.3) is 5.91 Å². The first-order chi connectivity index (χ1) is 16.3. The quantitative estimate of drug-likeness (QED) is 0.682. The van der Waals surface area contributed by atoms with Crippen LogP contribution in [0.25, 0.3) is 0 Å². The number of benzene rings is 2. The van der Waals surface area contributed by atoms with Gasteiger partial charge in [0.05, 0.1) is 11.7 Å². The maximum Gasteiger partial charge on any atom is 0.416 e. The molecule has 9 heteroatoms. The van der Waals surface area contributed by atoms with Crippen molar-refractivity contribution in [2.24, 2.45) is 0 Å². The number of urea groups is 1. The maximum atomic E-state index is 13.0. The zero-order valence-corrected chi connectivity index (χ0v) is 18.7. The Hall–Kier alpha value is -3.07. The monoisotopic (exact) mass is 475 g/mol. The standard InChI is InChI=1S/C25H28F3N3O3/c26-25(27,28)20-10-8-17(9-11-20)19-13-21(30-23(32)18-5-2-1-3-6-18)16-31(15-19)24(33)29-14-22-7-4-12-34-22/h1-3,5-6,8-11,19,21-22H,4,7,12-16H2,(H,29,33)(H,30,32). The topological polar surface area (TPSA) is 70.7 Å². The Labute approximate surface area is 196 Å². The molecule has 3 unspecified atom stereocenters. The highest BCUT2D eigenvalue weighted by atomic mass is 19.4. The summed E-state index contributed by atoms with van der Waals surface area (Å²) in [5, 5.41) is 5.89. The number of nitrogens with one attached hydrogen (secondary N) is 2. The molecule has 2 fully saturated rings. The molecule has 3 atom stereocenters. The predicted molar refractivity (Wildman–Crippen MR) is 120 cm³/mol. The minimum absolute atomic E-state index is 0.00645. The highest BCUT2D eigenvalue weighted by molar-refractivity contribution is 5.94. The Morgan fingerprint density at radius 3 is 2.41 bits per heavy atom. The lowest BCUT2D eigenvalue weighted by Gasteiger charge is -2.38. The van der Waals surface area contributed by atoms with Crippen LogP contribution < -0.4 is 10.6 Å². The summed E-state index contributed by atoms with van der Waals surface area (Å²) in [7, 11) is 0. The van der Waals surface area contributed by atoms with Gasteiger partial charge in [-0.25, -0.2) is 4.79 Å². The molecule has 3 amide bonds. The SMILES string of the molecule is O=C(NC1CC(c2ccc(C(F)(F)F)cc2)CN(C(=O)NCC2CCCO2)C1)c1ccccc1. The van der Waals surface area contributed by atoms with Crippen LogP contribution >= 0.6 is 0 Å². The summed E-state index contributed by atoms with van der Waals surface area (Å²) in [6, 6.07) is 13.2. The number of likely N-dealkylation sites (tertiary alicyclic amines) is 1. The molecular weight excluding hydrogens is 447 g/mol. The molecule has 0 aliphatic carbocycles. The van der Waals surface area contributed by atoms with Gasteiger partial charge >= 0.3 is 12.2 Å². The zero-order chi connectivity index (χ0) is 24.1. The van der Waals surface area contributed by atoms with Crippen LogP contribution in [0.5, 0.6) is 0 Å². The van der Waals surface area contributed by atoms with Crippen molar-refractivity contribution in [2.45, 2.75) is 43.5 Å². The number of hydrogen-bond donors (Lipinski definition) is 2. The number of piperidine rings is 1. The van der Waals surface area contributed by atoms with E-state index in [1.165, 1.54) is 12.1 Å². The number of hydrogen-bond acceptors (Lipinski definition) is 3. The summed E-state index contributed by atoms with van der Waals surface area (Å²) in [4.78, 5) is 27.3. The lowest BCUT2D eigenvalue weighted by atomic mass is 9.87. The molecule has 2 aliphatic heterocycles. The Morgan fingerprint density at radius 1 is 1.03 bits per heavy atom. The molecule has 182 valence electrons. The first-order valence-electron chi connectivity index (χ1n) is 11.5. The summed E-state index contributed by atoms with van der Waals surface area (Å²) in [5.74, 6) is -0.469. The van der Waals surface area contributed by atoms with Gasteiger partial charge in [-0.2, -0.15) is 13.2 Å². The van der Waals surface area contributed by atoms with E-state index < -0.39 is 11.7 Å². The van der Waals surface area contributed by atoms with Crippen LogP contribution in [-0.2, 0) is 10.9 Å². The molecule has 0 spiro atoms. The molecule has 0 aromatic heterocycles. The zero-order valence-electron chi connectivity index (χ0n) is 18.7. The number of carbonyl (C=O) groups is 2. The lowest BCUT2D eigenvalue weighted by molar-refractivity contribution is -0.137. The number of nitrogens with zero attached hydrogens (tertiary/aromatic N) is 1. The number of alkyl halides is 3. The van der Waals surface area contributed by atoms with E-state index in [0.29, 0.717) is 43.8 Å². The molecule has 34 heavy (non-hydrogen) atoms. The third-order valence-corrected chi connectivity index (χ3v) is 6.32. The van der Waals surface area contributed by atoms with E-state index in [2.05, 4.69) is 10.6 Å². The molecule has 2 aliphatic rings. The fourth-order valence-electron chi connectivity index (χ4n) is 4.53. The van der Waals surface area contributed by atoms with E-state index in [0.717, 1.165) is 25.0 Å². The van der Waals surface area contributed by atoms with Crippen LogP contribution in [0.3, 0.4) is 0 Å². The summed E-state index contributed by atoms with van der Waals surface area (Å²) in [6.07, 6.45) is -2.05. The van der Waals surface area contributed by atoms with Gasteiger partial charge in [-0.15, -0.1) is 0 Å². The smallest absolute Gasteiger partial charge is 0.376 e. The highest BCUT2D eigenvalue weighted by Crippen LogP contribution is 2.32. The lowest BCUT2D eigenvalue weighted by Crippen LogP contribution is -2.55. The summed E-state index contributed by atoms with van der Waals surface area (Å²) < 4.78 is 44.5. The normalized spacial score (nSPS) is 22.9. The molecule has 2 heterocycles. The minimum Gasteiger partial charge on any atom is -0.376 e. The van der Waals surface area contributed by atoms with E-state index in [1.807, 2.05) is 6.07 Å². The summed E-state index contributed by atoms with van der Waals surface area (Å²) in [5.41, 5.74) is 0.490. The Bertz CT molecular complexity index is 976. The number of carbonyl (C=O) groups excluding carboxylic acids is 2. The molecule has 0 bridgehead atoms. The van der Waals surface area contributed by atoms with Gasteiger partial charge in [0.1, 0.15) is 0 Å². The van der Waals surface area contributed by atoms with Crippen molar-refractivity contribution in [3.8, 4) is 0 Å². The average Bonchev–Trinajstić information content (AvgIpc) is 3.36. The maximum absolute atomic E-state index is 13.0. The van der Waals surface area contributed by atoms with Crippen molar-refractivity contribution in [1.82, 2.24) is 15.5 Å². The molecule has 6 nitrogen and oxygen atoms in total. The van der Waals surface area contributed by atoms with Crippen LogP contribution in [-0.4, -0.2) is 55.2 Å². The second kappa shape index (κ2) is 10.5. The molecule has 2 N–H and O–H groups in total. The van der Waals surface area contributed by atoms with Crippen LogP contribution in [0.4, 0.5) is 18.0 Å². The number of ether oxygens (including phenoxy) is 1. The van der Waals surface area contributed by atoms with E-state index in [1.54, 1.807) is 29.2 Å². The van der Waals surface area contributed by atoms with Crippen molar-refractivity contribution in [2.75, 3.05) is 26.2 Å². The second-order valence-corrected chi connectivity index (χ2v) is 8.81. The first kappa shape index (κ1) is 24.1. The second-order valence-electron chi connectivity index (χ2n) is 8.81. The third-order valence-electron chi connectivity index (χ3n) is 6.32. The predicted octanol–water partition coefficient (Wildman–Crippen LogP) is 4.18. The van der Waals surface area contributed by atoms with Gasteiger partial charge in [-0.05, 0) is 49.1 Å². The van der Waals surface area contributed by atoms with Crippen LogP contribution in [0.1, 0.15) is 46.7 Å². The van der Waals surface area contributed by atoms with Gasteiger partial charge in [0.15, 0.2) is 0 Å². The van der Waals surface area contributed by atoms with Crippen molar-refractivity contribution in [1.29, 1.82) is 0 Å². The van der Waals surface area contributed by atoms with E-state index in [-0.39, 0.29) is 30.0 Å². The summed E-state index contributed by atoms with van der Waals surface area (Å²) in [6.45, 7) is 1.75. The molecule has 4 rings (SSSR count). The van der Waals surface area contributed by atoms with E-state index in [9.17, 15) is 22.8 Å². The van der Waals surface area contributed by atoms with E-state index in [4.69, 9.17) is 4.74 Å². The number of halogens is 3. The molecule has 2 aromatic carbocycles. The van der Waals surface area contributed by atoms with Gasteiger partial charge in [0.2, 0.25) is 0 Å². The van der Waals surface area contributed by atoms with Gasteiger partial charge < -0.3 is 20.3 Å². The molecular formula is C25H28F3N3O3. The van der Waals surface area contributed by atoms with Crippen molar-refractivity contribution in [3.63, 3.8) is 0 Å². The Kier molecular flexibility index (Phi) is 7.41. The number of rotatable bonds is 5. The Balaban J connectivity index is 1.48. The fourth-order valence-corrected chi connectivity index (χ4v) is 4.53. The average molecular weight is 476 g/mol. The van der Waals surface area contributed by atoms with Gasteiger partial charge in [0, 0.05) is 43.8 Å². The van der Waals surface area contributed by atoms with Gasteiger partial charge in [-0.3, -0.25) is 4.79 Å². The van der Waals surface area contributed by atoms with Crippen LogP contribution in [0.2, 0.25) is 0 Å². The first-order valence-corrected chi connectivity index (χ1v) is 11.5. The molecule has 0 radical (unpaired) electrons. The third kappa shape index (κ3) is 6.08. The fraction of sp³-hybridized carbons (Fsp3) is 0.440. The number of amides is 3. The van der Waals surface area contributed by atoms with Gasteiger partial charge in [-0.1, -0.05) is 30.3 Å². The molecule has 2 aromatic rings. The van der Waals surface area contributed by atoms with Crippen molar-refractivity contribution >= 4 is 11.9 Å². The summed E-state index contributed by atoms with van der Waals surface area (Å²) >= 11 is 0. The Morgan fingerprint density at radius 2 is 1.76 bits per heavy atom. The molecule has 2 saturated heterocycles. The highest BCUT2D eigenvalue weighted by Gasteiger charge is 2.34. The minimum atomic E-state index is -4.41. The van der Waals surface area contributed by atoms with Crippen molar-refractivity contribution in [3.05, 3.63) is 71.3 Å². The molecule has 0 saturated carbocycles.